The second-order valence-corrected chi connectivity index (χ2v) is 24.2. The minimum absolute atomic E-state index is 0. The number of benzene rings is 4. The fourth-order valence-electron chi connectivity index (χ4n) is 15.3. The van der Waals surface area contributed by atoms with E-state index in [0.717, 1.165) is 91.4 Å². The zero-order valence-electron chi connectivity index (χ0n) is 41.2. The topological polar surface area (TPSA) is 59.0 Å². The smallest absolute Gasteiger partial charge is 0.872 e. The van der Waals surface area contributed by atoms with Gasteiger partial charge in [0.25, 0.3) is 0 Å². The zero-order chi connectivity index (χ0) is 43.1. The van der Waals surface area contributed by atoms with Crippen LogP contribution in [0.1, 0.15) is 152 Å². The Kier molecular flexibility index (Phi) is 12.5. The van der Waals surface area contributed by atoms with E-state index in [4.69, 9.17) is 4.98 Å². The van der Waals surface area contributed by atoms with Crippen LogP contribution in [-0.4, -0.2) is 4.98 Å². The normalized spacial score (nSPS) is 28.4. The van der Waals surface area contributed by atoms with Crippen molar-refractivity contribution in [2.24, 2.45) is 35.5 Å². The number of nitrogens with zero attached hydrogens (tertiary/aromatic N) is 1. The Hall–Kier alpha value is -3.50. The average Bonchev–Trinajstić information content (AvgIpc) is 3.20. The SMILES string of the molecule is Cc1cc(-c2ccc(C(C)(C)C)cc2-c2cccc(-c3cc(C(C)(C)C)ccc3-c3cc(C)cc(C45CC6CC(CC(C6)C4)C5)c3[O-])n2)c([O-])c(C23CC4CC(CC(C4)C2)C3)c1.[CH3-].[CH3-].[Hf+4]. The second kappa shape index (κ2) is 16.9. The summed E-state index contributed by atoms with van der Waals surface area (Å²) < 4.78 is 0. The Morgan fingerprint density at radius 3 is 1.08 bits per heavy atom. The van der Waals surface area contributed by atoms with E-state index in [1.54, 1.807) is 0 Å². The maximum absolute atomic E-state index is 15.2. The third-order valence-corrected chi connectivity index (χ3v) is 17.3. The summed E-state index contributed by atoms with van der Waals surface area (Å²) in [5.41, 5.74) is 14.0. The van der Waals surface area contributed by atoms with E-state index < -0.39 is 0 Å². The summed E-state index contributed by atoms with van der Waals surface area (Å²) in [5.74, 6) is 5.03. The number of aromatic nitrogens is 1. The van der Waals surface area contributed by atoms with E-state index in [2.05, 4.69) is 134 Å². The Morgan fingerprint density at radius 1 is 0.446 bits per heavy atom. The molecule has 8 bridgehead atoms. The van der Waals surface area contributed by atoms with Crippen molar-refractivity contribution in [3.05, 3.63) is 127 Å². The second-order valence-electron chi connectivity index (χ2n) is 24.2. The summed E-state index contributed by atoms with van der Waals surface area (Å²) >= 11 is 0. The van der Waals surface area contributed by atoms with Gasteiger partial charge in [-0.05, 0) is 217 Å². The molecule has 8 saturated carbocycles. The molecular formula is C61H73HfNO2. The predicted octanol–water partition coefficient (Wildman–Crippen LogP) is 14.9. The molecule has 8 aliphatic rings. The summed E-state index contributed by atoms with van der Waals surface area (Å²) in [5, 5.41) is 30.3. The third-order valence-electron chi connectivity index (χ3n) is 17.3. The maximum atomic E-state index is 15.2. The van der Waals surface area contributed by atoms with Crippen LogP contribution in [0.5, 0.6) is 11.5 Å². The van der Waals surface area contributed by atoms with E-state index in [1.165, 1.54) is 99.3 Å². The summed E-state index contributed by atoms with van der Waals surface area (Å²) in [6.07, 6.45) is 15.2. The molecule has 0 N–H and O–H groups in total. The quantitative estimate of drug-likeness (QED) is 0.126. The van der Waals surface area contributed by atoms with E-state index >= 15 is 10.2 Å². The molecule has 338 valence electrons. The molecule has 0 radical (unpaired) electrons. The maximum Gasteiger partial charge on any atom is 4.00 e. The van der Waals surface area contributed by atoms with Crippen molar-refractivity contribution in [3.63, 3.8) is 0 Å². The van der Waals surface area contributed by atoms with Gasteiger partial charge >= 0.3 is 25.8 Å². The molecule has 0 unspecified atom stereocenters. The van der Waals surface area contributed by atoms with Crippen molar-refractivity contribution < 1.29 is 36.1 Å². The van der Waals surface area contributed by atoms with Crippen molar-refractivity contribution >= 4 is 0 Å². The molecule has 5 aromatic rings. The van der Waals surface area contributed by atoms with Gasteiger partial charge in [-0.3, -0.25) is 0 Å². The number of pyridine rings is 1. The third kappa shape index (κ3) is 8.24. The summed E-state index contributed by atoms with van der Waals surface area (Å²) in [7, 11) is 0. The molecule has 8 fully saturated rings. The van der Waals surface area contributed by atoms with E-state index in [-0.39, 0.29) is 73.9 Å². The van der Waals surface area contributed by atoms with Gasteiger partial charge in [0, 0.05) is 11.1 Å². The van der Waals surface area contributed by atoms with Gasteiger partial charge in [0.05, 0.1) is 11.4 Å². The van der Waals surface area contributed by atoms with Crippen molar-refractivity contribution in [1.29, 1.82) is 0 Å². The van der Waals surface area contributed by atoms with Gasteiger partial charge in [0.15, 0.2) is 0 Å². The molecule has 0 aliphatic heterocycles. The Balaban J connectivity index is 0.00000192. The van der Waals surface area contributed by atoms with Gasteiger partial charge in [-0.25, -0.2) is 4.98 Å². The molecular weight excluding hydrogens is 957 g/mol. The van der Waals surface area contributed by atoms with E-state index in [0.29, 0.717) is 0 Å². The van der Waals surface area contributed by atoms with Crippen LogP contribution in [0.4, 0.5) is 0 Å². The molecule has 0 spiro atoms. The average molecular weight is 1030 g/mol. The largest absolute Gasteiger partial charge is 4.00 e. The van der Waals surface area contributed by atoms with Crippen LogP contribution in [-0.2, 0) is 47.5 Å². The zero-order valence-corrected chi connectivity index (χ0v) is 44.8. The van der Waals surface area contributed by atoms with Gasteiger partial charge in [0.1, 0.15) is 0 Å². The minimum Gasteiger partial charge on any atom is -0.872 e. The fraction of sp³-hybridized carbons (Fsp3) is 0.492. The van der Waals surface area contributed by atoms with Gasteiger partial charge in [0.2, 0.25) is 0 Å². The fourth-order valence-corrected chi connectivity index (χ4v) is 15.3. The van der Waals surface area contributed by atoms with Crippen LogP contribution in [0.25, 0.3) is 44.8 Å². The molecule has 13 rings (SSSR count). The number of aryl methyl sites for hydroxylation is 2. The number of hydrogen-bond donors (Lipinski definition) is 0. The van der Waals surface area contributed by atoms with Crippen LogP contribution < -0.4 is 10.2 Å². The molecule has 65 heavy (non-hydrogen) atoms. The van der Waals surface area contributed by atoms with Crippen LogP contribution >= 0.6 is 0 Å². The molecule has 1 heterocycles. The summed E-state index contributed by atoms with van der Waals surface area (Å²) in [4.78, 5) is 5.59. The van der Waals surface area contributed by atoms with Crippen molar-refractivity contribution in [2.45, 2.75) is 154 Å². The van der Waals surface area contributed by atoms with Gasteiger partial charge in [-0.2, -0.15) is 0 Å². The molecule has 3 nitrogen and oxygen atoms in total. The van der Waals surface area contributed by atoms with Crippen LogP contribution in [0.15, 0.2) is 78.9 Å². The molecule has 1 aromatic heterocycles. The first kappa shape index (κ1) is 48.0. The standard InChI is InChI=1S/C59H69NO2.2CH3.Hf/c1-34-16-48(54(61)50(18-34)58-28-36-20-37(29-58)22-38(21-36)30-58)44-14-12-42(56(3,4)5)26-46(44)52-10-9-11-53(60-52)47-27-43(57(6,7)8)13-15-45(47)49-17-35(2)19-51(55(49)62)59-31-39-23-40(32-59)25-41(24-39)33-59;;;/h9-19,26-27,36-41,61-62H,20-25,28-33H2,1-8H3;2*1H3;/q;2*-1;+4/p-2. The first-order valence-corrected chi connectivity index (χ1v) is 24.4. The number of hydrogen-bond acceptors (Lipinski definition) is 3. The van der Waals surface area contributed by atoms with Crippen molar-refractivity contribution in [3.8, 4) is 56.3 Å². The van der Waals surface area contributed by atoms with Gasteiger partial charge in [-0.15, -0.1) is 0 Å². The Morgan fingerprint density at radius 2 is 0.769 bits per heavy atom. The Bertz CT molecular complexity index is 2370. The van der Waals surface area contributed by atoms with Crippen molar-refractivity contribution in [1.82, 2.24) is 4.98 Å². The monoisotopic (exact) mass is 1030 g/mol. The molecule has 4 heteroatoms. The minimum atomic E-state index is -0.0968. The molecule has 8 aliphatic carbocycles. The van der Waals surface area contributed by atoms with Gasteiger partial charge in [-0.1, -0.05) is 119 Å². The van der Waals surface area contributed by atoms with Crippen molar-refractivity contribution in [2.75, 3.05) is 0 Å². The van der Waals surface area contributed by atoms with Crippen LogP contribution in [0.2, 0.25) is 0 Å². The molecule has 0 atom stereocenters. The number of rotatable bonds is 6. The van der Waals surface area contributed by atoms with Gasteiger partial charge < -0.3 is 25.1 Å². The summed E-state index contributed by atoms with van der Waals surface area (Å²) in [6, 6.07) is 28.7. The first-order chi connectivity index (χ1) is 29.4. The Labute approximate surface area is 411 Å². The molecule has 0 saturated heterocycles. The first-order valence-electron chi connectivity index (χ1n) is 24.4. The van der Waals surface area contributed by atoms with Crippen LogP contribution in [0, 0.1) is 64.2 Å². The molecule has 0 amide bonds. The van der Waals surface area contributed by atoms with Crippen LogP contribution in [0.3, 0.4) is 0 Å². The molecule has 4 aromatic carbocycles. The summed E-state index contributed by atoms with van der Waals surface area (Å²) in [6.45, 7) is 17.9. The predicted molar refractivity (Wildman–Crippen MR) is 264 cm³/mol. The van der Waals surface area contributed by atoms with E-state index in [1.807, 2.05) is 0 Å². The van der Waals surface area contributed by atoms with E-state index in [9.17, 15) is 0 Å².